The van der Waals surface area contributed by atoms with Crippen LogP contribution in [0, 0.1) is 0 Å². The summed E-state index contributed by atoms with van der Waals surface area (Å²) >= 11 is 0. The highest BCUT2D eigenvalue weighted by Crippen LogP contribution is 2.27. The molecule has 3 aromatic heterocycles. The first kappa shape index (κ1) is 15.0. The maximum absolute atomic E-state index is 12.7. The quantitative estimate of drug-likeness (QED) is 0.719. The van der Waals surface area contributed by atoms with E-state index in [1.807, 2.05) is 12.1 Å². The number of amides is 1. The molecule has 8 nitrogen and oxygen atoms in total. The summed E-state index contributed by atoms with van der Waals surface area (Å²) in [5, 5.41) is 4.57. The third-order valence-electron chi connectivity index (χ3n) is 4.83. The van der Waals surface area contributed by atoms with Crippen molar-refractivity contribution in [2.75, 3.05) is 22.9 Å². The summed E-state index contributed by atoms with van der Waals surface area (Å²) in [6.45, 7) is 2.53. The molecule has 3 aromatic rings. The van der Waals surface area contributed by atoms with Gasteiger partial charge in [0, 0.05) is 31.7 Å². The topological polar surface area (TPSA) is 80.0 Å². The minimum absolute atomic E-state index is 0.103. The van der Waals surface area contributed by atoms with E-state index in [1.54, 1.807) is 40.6 Å². The third kappa shape index (κ3) is 2.42. The molecule has 0 unspecified atom stereocenters. The molecular weight excluding hydrogens is 330 g/mol. The van der Waals surface area contributed by atoms with Gasteiger partial charge in [-0.2, -0.15) is 5.10 Å². The summed E-state index contributed by atoms with van der Waals surface area (Å²) in [4.78, 5) is 29.3. The van der Waals surface area contributed by atoms with Crippen molar-refractivity contribution in [3.05, 3.63) is 54.4 Å². The van der Waals surface area contributed by atoms with E-state index in [4.69, 9.17) is 0 Å². The van der Waals surface area contributed by atoms with E-state index in [0.717, 1.165) is 30.3 Å². The van der Waals surface area contributed by atoms with Crippen LogP contribution in [0.1, 0.15) is 28.9 Å². The summed E-state index contributed by atoms with van der Waals surface area (Å²) in [6, 6.07) is 4.01. The second-order valence-corrected chi connectivity index (χ2v) is 6.46. The lowest BCUT2D eigenvalue weighted by atomic mass is 10.3. The Bertz CT molecular complexity index is 945. The average molecular weight is 347 g/mol. The van der Waals surface area contributed by atoms with E-state index in [1.165, 1.54) is 12.8 Å². The van der Waals surface area contributed by atoms with Gasteiger partial charge < -0.3 is 4.90 Å². The smallest absolute Gasteiger partial charge is 0.263 e. The Morgan fingerprint density at radius 1 is 0.962 bits per heavy atom. The fourth-order valence-electron chi connectivity index (χ4n) is 3.47. The number of aromatic nitrogens is 5. The highest BCUT2D eigenvalue weighted by Gasteiger charge is 2.32. The summed E-state index contributed by atoms with van der Waals surface area (Å²) in [5.41, 5.74) is 2.18. The van der Waals surface area contributed by atoms with Crippen LogP contribution in [0.25, 0.3) is 5.69 Å². The molecule has 0 N–H and O–H groups in total. The van der Waals surface area contributed by atoms with Crippen molar-refractivity contribution in [1.29, 1.82) is 0 Å². The summed E-state index contributed by atoms with van der Waals surface area (Å²) < 4.78 is 1.72. The maximum Gasteiger partial charge on any atom is 0.263 e. The second kappa shape index (κ2) is 5.91. The van der Waals surface area contributed by atoms with Gasteiger partial charge in [0.2, 0.25) is 0 Å². The molecule has 26 heavy (non-hydrogen) atoms. The zero-order chi connectivity index (χ0) is 17.5. The predicted octanol–water partition coefficient (Wildman–Crippen LogP) is 1.82. The number of rotatable bonds is 3. The number of anilines is 2. The number of hydrogen-bond donors (Lipinski definition) is 0. The zero-order valence-corrected chi connectivity index (χ0v) is 14.1. The maximum atomic E-state index is 12.7. The fraction of sp³-hybridized carbons (Fsp3) is 0.278. The van der Waals surface area contributed by atoms with Crippen molar-refractivity contribution in [2.24, 2.45) is 0 Å². The lowest BCUT2D eigenvalue weighted by Gasteiger charge is -2.16. The number of hydrogen-bond acceptors (Lipinski definition) is 6. The van der Waals surface area contributed by atoms with Crippen molar-refractivity contribution in [3.63, 3.8) is 0 Å². The average Bonchev–Trinajstić information content (AvgIpc) is 3.41. The van der Waals surface area contributed by atoms with Gasteiger partial charge in [-0.1, -0.05) is 0 Å². The van der Waals surface area contributed by atoms with E-state index in [0.29, 0.717) is 17.9 Å². The molecule has 5 rings (SSSR count). The van der Waals surface area contributed by atoms with Crippen molar-refractivity contribution in [2.45, 2.75) is 19.4 Å². The molecular formula is C18H17N7O. The normalized spacial score (nSPS) is 16.4. The van der Waals surface area contributed by atoms with Crippen molar-refractivity contribution in [1.82, 2.24) is 24.7 Å². The van der Waals surface area contributed by atoms with Crippen LogP contribution in [0.5, 0.6) is 0 Å². The summed E-state index contributed by atoms with van der Waals surface area (Å²) in [6.07, 6.45) is 10.8. The minimum Gasteiger partial charge on any atom is -0.357 e. The van der Waals surface area contributed by atoms with Gasteiger partial charge in [-0.15, -0.1) is 0 Å². The molecule has 1 fully saturated rings. The minimum atomic E-state index is -0.103. The molecule has 1 amide bonds. The first-order valence-electron chi connectivity index (χ1n) is 8.67. The molecule has 2 aliphatic rings. The Morgan fingerprint density at radius 2 is 1.85 bits per heavy atom. The van der Waals surface area contributed by atoms with Crippen molar-refractivity contribution >= 4 is 17.5 Å². The summed E-state index contributed by atoms with van der Waals surface area (Å²) in [7, 11) is 0. The van der Waals surface area contributed by atoms with Crippen LogP contribution >= 0.6 is 0 Å². The molecule has 8 heteroatoms. The Morgan fingerprint density at radius 3 is 2.54 bits per heavy atom. The highest BCUT2D eigenvalue weighted by molar-refractivity contribution is 6.09. The monoisotopic (exact) mass is 347 g/mol. The molecule has 0 spiro atoms. The number of fused-ring (bicyclic) bond motifs is 1. The first-order valence-corrected chi connectivity index (χ1v) is 8.67. The van der Waals surface area contributed by atoms with Crippen LogP contribution in [0.2, 0.25) is 0 Å². The molecule has 1 saturated heterocycles. The van der Waals surface area contributed by atoms with Gasteiger partial charge in [-0.05, 0) is 25.0 Å². The lowest BCUT2D eigenvalue weighted by Crippen LogP contribution is -2.24. The number of nitrogens with zero attached hydrogens (tertiary/aromatic N) is 7. The largest absolute Gasteiger partial charge is 0.357 e. The SMILES string of the molecule is O=C1c2cn(-c3ccc(N4CCCC4)nc3)nc2CN1c1cnccn1. The molecule has 130 valence electrons. The van der Waals surface area contributed by atoms with Gasteiger partial charge in [-0.3, -0.25) is 14.7 Å². The number of pyridine rings is 1. The Labute approximate surface area is 150 Å². The van der Waals surface area contributed by atoms with Crippen LogP contribution in [-0.2, 0) is 6.54 Å². The van der Waals surface area contributed by atoms with E-state index >= 15 is 0 Å². The summed E-state index contributed by atoms with van der Waals surface area (Å²) in [5.74, 6) is 1.43. The highest BCUT2D eigenvalue weighted by atomic mass is 16.2. The van der Waals surface area contributed by atoms with Crippen molar-refractivity contribution < 1.29 is 4.79 Å². The van der Waals surface area contributed by atoms with Crippen LogP contribution in [0.3, 0.4) is 0 Å². The molecule has 0 aliphatic carbocycles. The van der Waals surface area contributed by atoms with Gasteiger partial charge in [0.25, 0.3) is 5.91 Å². The van der Waals surface area contributed by atoms with Crippen molar-refractivity contribution in [3.8, 4) is 5.69 Å². The molecule has 2 aliphatic heterocycles. The molecule has 0 saturated carbocycles. The van der Waals surface area contributed by atoms with E-state index in [-0.39, 0.29) is 5.91 Å². The van der Waals surface area contributed by atoms with Gasteiger partial charge in [-0.25, -0.2) is 14.6 Å². The molecule has 0 radical (unpaired) electrons. The Balaban J connectivity index is 1.39. The van der Waals surface area contributed by atoms with Crippen LogP contribution in [0.15, 0.2) is 43.1 Å². The van der Waals surface area contributed by atoms with Gasteiger partial charge in [0.15, 0.2) is 5.82 Å². The Hall–Kier alpha value is -3.29. The number of carbonyl (C=O) groups excluding carboxylic acids is 1. The predicted molar refractivity (Wildman–Crippen MR) is 95.4 cm³/mol. The molecule has 0 atom stereocenters. The molecule has 0 bridgehead atoms. The van der Waals surface area contributed by atoms with E-state index in [2.05, 4.69) is 25.0 Å². The first-order chi connectivity index (χ1) is 12.8. The molecule has 5 heterocycles. The van der Waals surface area contributed by atoms with Crippen LogP contribution < -0.4 is 9.80 Å². The third-order valence-corrected chi connectivity index (χ3v) is 4.83. The van der Waals surface area contributed by atoms with E-state index in [9.17, 15) is 4.79 Å². The van der Waals surface area contributed by atoms with Crippen LogP contribution in [-0.4, -0.2) is 43.7 Å². The van der Waals surface area contributed by atoms with Gasteiger partial charge >= 0.3 is 0 Å². The molecule has 0 aromatic carbocycles. The number of carbonyl (C=O) groups is 1. The zero-order valence-electron chi connectivity index (χ0n) is 14.1. The van der Waals surface area contributed by atoms with Gasteiger partial charge in [0.05, 0.1) is 35.9 Å². The van der Waals surface area contributed by atoms with Crippen LogP contribution in [0.4, 0.5) is 11.6 Å². The standard InChI is InChI=1S/C18H17N7O/c26-18-14-11-25(13-3-4-16(21-9-13)23-7-1-2-8-23)22-15(14)12-24(18)17-10-19-5-6-20-17/h3-6,9-11H,1-2,7-8,12H2. The van der Waals surface area contributed by atoms with Gasteiger partial charge in [0.1, 0.15) is 5.82 Å². The Kier molecular flexibility index (Phi) is 3.41. The van der Waals surface area contributed by atoms with E-state index < -0.39 is 0 Å². The lowest BCUT2D eigenvalue weighted by molar-refractivity contribution is 0.0995. The fourth-order valence-corrected chi connectivity index (χ4v) is 3.47. The second-order valence-electron chi connectivity index (χ2n) is 6.46.